The summed E-state index contributed by atoms with van der Waals surface area (Å²) in [6.45, 7) is 16.0. The van der Waals surface area contributed by atoms with Gasteiger partial charge in [0.1, 0.15) is 0 Å². The maximum atomic E-state index is 13.7. The molecule has 0 bridgehead atoms. The molecule has 2 unspecified atom stereocenters. The number of hydrogen-bond donors (Lipinski definition) is 2. The van der Waals surface area contributed by atoms with Crippen molar-refractivity contribution in [1.29, 1.82) is 0 Å². The van der Waals surface area contributed by atoms with Crippen LogP contribution >= 0.6 is 0 Å². The number of hydrazone groups is 1. The van der Waals surface area contributed by atoms with Gasteiger partial charge in [-0.05, 0) is 71.1 Å². The Balaban J connectivity index is 1.75. The normalized spacial score (nSPS) is 21.7. The van der Waals surface area contributed by atoms with Gasteiger partial charge in [0.25, 0.3) is 5.91 Å². The first kappa shape index (κ1) is 31.4. The molecule has 9 nitrogen and oxygen atoms in total. The summed E-state index contributed by atoms with van der Waals surface area (Å²) in [5.41, 5.74) is 15.2. The van der Waals surface area contributed by atoms with E-state index in [1.54, 1.807) is 16.7 Å². The third kappa shape index (κ3) is 7.34. The summed E-state index contributed by atoms with van der Waals surface area (Å²) in [7, 11) is 0. The Morgan fingerprint density at radius 1 is 1.15 bits per heavy atom. The number of amidine groups is 1. The number of anilines is 1. The van der Waals surface area contributed by atoms with Crippen molar-refractivity contribution >= 4 is 29.1 Å². The lowest BCUT2D eigenvalue weighted by molar-refractivity contribution is -0.141. The summed E-state index contributed by atoms with van der Waals surface area (Å²) in [4.78, 5) is 42.8. The number of allylic oxidation sites excluding steroid dienone is 5. The van der Waals surface area contributed by atoms with E-state index in [2.05, 4.69) is 11.7 Å². The molecular weight excluding hydrogens is 516 g/mol. The first-order valence-corrected chi connectivity index (χ1v) is 14.1. The number of rotatable bonds is 6. The molecule has 1 aliphatic carbocycles. The van der Waals surface area contributed by atoms with Crippen LogP contribution in [0.5, 0.6) is 0 Å². The molecule has 9 heteroatoms. The Morgan fingerprint density at radius 3 is 2.44 bits per heavy atom. The zero-order chi connectivity index (χ0) is 30.5. The third-order valence-electron chi connectivity index (χ3n) is 7.79. The SMILES string of the molecule is C=CN(/N=C(\N)C(=O)N1CCN(C(=O)C2=CC=CC(C(C(C)=O)=C(C)N)CCC2C)CC1(C)C)c1cccc(C)c1. The van der Waals surface area contributed by atoms with Crippen LogP contribution in [-0.2, 0) is 14.4 Å². The molecule has 1 heterocycles. The highest BCUT2D eigenvalue weighted by Gasteiger charge is 2.40. The molecular formula is C32H44N6O3. The number of piperazine rings is 1. The number of carbonyl (C=O) groups excluding carboxylic acids is 3. The maximum absolute atomic E-state index is 13.7. The number of amides is 2. The highest BCUT2D eigenvalue weighted by molar-refractivity contribution is 6.37. The molecule has 4 N–H and O–H groups in total. The topological polar surface area (TPSA) is 125 Å². The van der Waals surface area contributed by atoms with Gasteiger partial charge in [-0.3, -0.25) is 14.4 Å². The fraction of sp³-hybridized carbons (Fsp3) is 0.438. The van der Waals surface area contributed by atoms with Crippen molar-refractivity contribution in [2.45, 2.75) is 59.9 Å². The van der Waals surface area contributed by atoms with Crippen molar-refractivity contribution in [1.82, 2.24) is 9.80 Å². The van der Waals surface area contributed by atoms with Crippen molar-refractivity contribution in [3.63, 3.8) is 0 Å². The fourth-order valence-corrected chi connectivity index (χ4v) is 5.65. The first-order valence-electron chi connectivity index (χ1n) is 14.1. The van der Waals surface area contributed by atoms with E-state index in [-0.39, 0.29) is 29.4 Å². The van der Waals surface area contributed by atoms with Crippen LogP contribution in [-0.4, -0.2) is 58.4 Å². The van der Waals surface area contributed by atoms with Crippen molar-refractivity contribution in [2.75, 3.05) is 24.6 Å². The van der Waals surface area contributed by atoms with E-state index in [0.29, 0.717) is 36.5 Å². The van der Waals surface area contributed by atoms with Gasteiger partial charge in [0, 0.05) is 48.6 Å². The summed E-state index contributed by atoms with van der Waals surface area (Å²) in [6, 6.07) is 7.66. The van der Waals surface area contributed by atoms with E-state index >= 15 is 0 Å². The van der Waals surface area contributed by atoms with E-state index in [9.17, 15) is 14.4 Å². The van der Waals surface area contributed by atoms with Gasteiger partial charge in [-0.1, -0.05) is 43.9 Å². The molecule has 0 spiro atoms. The standard InChI is InChI=1S/C32H44N6O3/c1-8-38(26-13-9-11-21(2)19-26)35-29(34)31(41)37-18-17-36(20-32(37,6)7)30(40)27-14-10-12-25(16-15-22(27)3)28(23(4)33)24(5)39/h8-14,19,22,25H,1,15-18,20,33H2,2-7H3,(H2,34,35). The molecule has 1 aromatic rings. The fourth-order valence-electron chi connectivity index (χ4n) is 5.65. The minimum atomic E-state index is -0.667. The largest absolute Gasteiger partial charge is 0.402 e. The maximum Gasteiger partial charge on any atom is 0.291 e. The van der Waals surface area contributed by atoms with E-state index in [1.807, 2.05) is 70.2 Å². The summed E-state index contributed by atoms with van der Waals surface area (Å²) >= 11 is 0. The van der Waals surface area contributed by atoms with Crippen LogP contribution in [0.2, 0.25) is 0 Å². The average molecular weight is 561 g/mol. The molecule has 3 rings (SSSR count). The highest BCUT2D eigenvalue weighted by Crippen LogP contribution is 2.31. The molecule has 41 heavy (non-hydrogen) atoms. The number of benzene rings is 1. The van der Waals surface area contributed by atoms with Gasteiger partial charge in [0.15, 0.2) is 5.78 Å². The predicted molar refractivity (Wildman–Crippen MR) is 165 cm³/mol. The average Bonchev–Trinajstić information content (AvgIpc) is 2.89. The number of carbonyl (C=O) groups is 3. The van der Waals surface area contributed by atoms with Crippen LogP contribution < -0.4 is 16.5 Å². The van der Waals surface area contributed by atoms with E-state index < -0.39 is 11.4 Å². The van der Waals surface area contributed by atoms with E-state index in [1.165, 1.54) is 18.1 Å². The number of aryl methyl sites for hydroxylation is 1. The molecule has 1 saturated heterocycles. The zero-order valence-electron chi connectivity index (χ0n) is 25.2. The lowest BCUT2D eigenvalue weighted by atomic mass is 9.83. The van der Waals surface area contributed by atoms with Crippen LogP contribution in [0, 0.1) is 18.8 Å². The summed E-state index contributed by atoms with van der Waals surface area (Å²) in [5, 5.41) is 5.82. The van der Waals surface area contributed by atoms with Gasteiger partial charge < -0.3 is 21.3 Å². The first-order chi connectivity index (χ1) is 19.3. The van der Waals surface area contributed by atoms with Gasteiger partial charge in [-0.2, -0.15) is 0 Å². The molecule has 220 valence electrons. The van der Waals surface area contributed by atoms with E-state index in [0.717, 1.165) is 24.1 Å². The lowest BCUT2D eigenvalue weighted by Gasteiger charge is -2.47. The number of nitrogens with two attached hydrogens (primary N) is 2. The monoisotopic (exact) mass is 560 g/mol. The van der Waals surface area contributed by atoms with Crippen LogP contribution in [0.25, 0.3) is 0 Å². The summed E-state index contributed by atoms with van der Waals surface area (Å²) < 4.78 is 0. The second-order valence-electron chi connectivity index (χ2n) is 11.6. The van der Waals surface area contributed by atoms with Crippen molar-refractivity contribution in [3.05, 3.63) is 77.7 Å². The predicted octanol–water partition coefficient (Wildman–Crippen LogP) is 4.02. The second-order valence-corrected chi connectivity index (χ2v) is 11.6. The molecule has 2 amide bonds. The molecule has 0 aromatic heterocycles. The number of hydrogen-bond acceptors (Lipinski definition) is 6. The quantitative estimate of drug-likeness (QED) is 0.234. The Hall–Kier alpha value is -4.14. The third-order valence-corrected chi connectivity index (χ3v) is 7.79. The molecule has 2 atom stereocenters. The molecule has 0 saturated carbocycles. The van der Waals surface area contributed by atoms with Crippen molar-refractivity contribution in [2.24, 2.45) is 28.4 Å². The molecule has 2 aliphatic rings. The second kappa shape index (κ2) is 13.0. The highest BCUT2D eigenvalue weighted by atomic mass is 16.2. The molecule has 0 radical (unpaired) electrons. The van der Waals surface area contributed by atoms with Crippen LogP contribution in [0.1, 0.15) is 53.0 Å². The van der Waals surface area contributed by atoms with E-state index in [4.69, 9.17) is 11.5 Å². The Kier molecular flexibility index (Phi) is 9.97. The molecule has 1 aliphatic heterocycles. The van der Waals surface area contributed by atoms with Crippen LogP contribution in [0.4, 0.5) is 5.69 Å². The lowest BCUT2D eigenvalue weighted by Crippen LogP contribution is -2.64. The van der Waals surface area contributed by atoms with Crippen LogP contribution in [0.15, 0.2) is 77.2 Å². The van der Waals surface area contributed by atoms with Crippen molar-refractivity contribution in [3.8, 4) is 0 Å². The Labute approximate surface area is 243 Å². The Bertz CT molecular complexity index is 1320. The minimum Gasteiger partial charge on any atom is -0.402 e. The van der Waals surface area contributed by atoms with Gasteiger partial charge in [0.2, 0.25) is 11.7 Å². The van der Waals surface area contributed by atoms with Gasteiger partial charge >= 0.3 is 0 Å². The van der Waals surface area contributed by atoms with Gasteiger partial charge in [-0.15, -0.1) is 5.10 Å². The molecule has 1 fully saturated rings. The van der Waals surface area contributed by atoms with Gasteiger partial charge in [0.05, 0.1) is 11.2 Å². The number of nitrogens with zero attached hydrogens (tertiary/aromatic N) is 4. The minimum absolute atomic E-state index is 0.00157. The van der Waals surface area contributed by atoms with Crippen molar-refractivity contribution < 1.29 is 14.4 Å². The Morgan fingerprint density at radius 2 is 1.85 bits per heavy atom. The van der Waals surface area contributed by atoms with Crippen LogP contribution in [0.3, 0.4) is 0 Å². The smallest absolute Gasteiger partial charge is 0.291 e. The number of ketones is 1. The molecule has 1 aromatic carbocycles. The summed E-state index contributed by atoms with van der Waals surface area (Å²) in [5.74, 6) is -0.687. The summed E-state index contributed by atoms with van der Waals surface area (Å²) in [6.07, 6.45) is 8.65. The zero-order valence-corrected chi connectivity index (χ0v) is 25.2. The van der Waals surface area contributed by atoms with Gasteiger partial charge in [-0.25, -0.2) is 5.01 Å². The number of Topliss-reactive ketones (excluding diaryl/α,β-unsaturated/α-hetero) is 1.